The summed E-state index contributed by atoms with van der Waals surface area (Å²) in [7, 11) is 0. The number of anilines is 1. The van der Waals surface area contributed by atoms with Crippen LogP contribution in [0.5, 0.6) is 0 Å². The zero-order valence-electron chi connectivity index (χ0n) is 16.4. The Morgan fingerprint density at radius 2 is 1.89 bits per heavy atom. The molecule has 150 valence electrons. The van der Waals surface area contributed by atoms with Gasteiger partial charge >= 0.3 is 12.0 Å². The van der Waals surface area contributed by atoms with Gasteiger partial charge in [0.05, 0.1) is 18.0 Å². The minimum absolute atomic E-state index is 0.0669. The Morgan fingerprint density at radius 3 is 2.43 bits per heavy atom. The molecule has 2 amide bonds. The fourth-order valence-electron chi connectivity index (χ4n) is 3.54. The van der Waals surface area contributed by atoms with E-state index in [1.807, 2.05) is 30.9 Å². The van der Waals surface area contributed by atoms with E-state index in [-0.39, 0.29) is 24.7 Å². The number of aliphatic carboxylic acids is 1. The fourth-order valence-corrected chi connectivity index (χ4v) is 3.54. The lowest BCUT2D eigenvalue weighted by molar-refractivity contribution is -0.139. The molecule has 2 fully saturated rings. The quantitative estimate of drug-likeness (QED) is 0.639. The molecule has 0 atom stereocenters. The summed E-state index contributed by atoms with van der Waals surface area (Å²) < 4.78 is 0. The van der Waals surface area contributed by atoms with E-state index in [9.17, 15) is 14.9 Å². The van der Waals surface area contributed by atoms with Gasteiger partial charge in [0.25, 0.3) is 0 Å². The average molecular weight is 384 g/mol. The normalized spacial score (nSPS) is 21.5. The molecule has 0 bridgehead atoms. The summed E-state index contributed by atoms with van der Waals surface area (Å²) in [6.07, 6.45) is 3.94. The number of nitriles is 1. The average Bonchev–Trinajstić information content (AvgIpc) is 3.41. The molecule has 1 aromatic rings. The summed E-state index contributed by atoms with van der Waals surface area (Å²) in [4.78, 5) is 25.3. The first kappa shape index (κ1) is 20.2. The van der Waals surface area contributed by atoms with Crippen LogP contribution in [0.3, 0.4) is 0 Å². The fraction of sp³-hybridized carbons (Fsp3) is 0.571. The number of nitrogens with one attached hydrogen (secondary N) is 2. The van der Waals surface area contributed by atoms with Crippen LogP contribution in [0.25, 0.3) is 0 Å². The highest BCUT2D eigenvalue weighted by Crippen LogP contribution is 2.33. The topological polar surface area (TPSA) is 105 Å². The van der Waals surface area contributed by atoms with Crippen LogP contribution in [-0.2, 0) is 10.2 Å². The van der Waals surface area contributed by atoms with Crippen LogP contribution < -0.4 is 10.6 Å². The molecule has 2 saturated carbocycles. The molecule has 2 aliphatic carbocycles. The van der Waals surface area contributed by atoms with Crippen LogP contribution in [0.15, 0.2) is 24.3 Å². The van der Waals surface area contributed by atoms with Crippen molar-refractivity contribution in [3.8, 4) is 6.07 Å². The zero-order chi connectivity index (χ0) is 20.3. The maximum atomic E-state index is 12.2. The van der Waals surface area contributed by atoms with Crippen molar-refractivity contribution in [1.82, 2.24) is 10.2 Å². The molecule has 0 aromatic heterocycles. The second-order valence-corrected chi connectivity index (χ2v) is 8.50. The van der Waals surface area contributed by atoms with Gasteiger partial charge in [0.2, 0.25) is 0 Å². The van der Waals surface area contributed by atoms with Gasteiger partial charge in [-0.2, -0.15) is 5.26 Å². The number of hydrogen-bond acceptors (Lipinski definition) is 4. The Morgan fingerprint density at radius 1 is 1.25 bits per heavy atom. The molecule has 0 radical (unpaired) electrons. The maximum absolute atomic E-state index is 12.2. The highest BCUT2D eigenvalue weighted by atomic mass is 16.4. The summed E-state index contributed by atoms with van der Waals surface area (Å²) in [5, 5.41) is 24.1. The predicted molar refractivity (Wildman–Crippen MR) is 106 cm³/mol. The molecule has 3 rings (SSSR count). The highest BCUT2D eigenvalue weighted by Gasteiger charge is 2.37. The van der Waals surface area contributed by atoms with Gasteiger partial charge in [0, 0.05) is 24.3 Å². The van der Waals surface area contributed by atoms with Crippen LogP contribution in [0, 0.1) is 17.2 Å². The smallest absolute Gasteiger partial charge is 0.319 e. The molecular weight excluding hydrogens is 356 g/mol. The largest absolute Gasteiger partial charge is 0.480 e. The molecule has 2 aliphatic rings. The molecule has 7 heteroatoms. The van der Waals surface area contributed by atoms with E-state index in [0.29, 0.717) is 11.6 Å². The van der Waals surface area contributed by atoms with Gasteiger partial charge in [0.15, 0.2) is 0 Å². The second kappa shape index (κ2) is 8.19. The molecule has 0 spiro atoms. The van der Waals surface area contributed by atoms with Crippen LogP contribution in [0.2, 0.25) is 0 Å². The van der Waals surface area contributed by atoms with Crippen LogP contribution >= 0.6 is 0 Å². The molecule has 3 N–H and O–H groups in total. The first-order valence-corrected chi connectivity index (χ1v) is 9.82. The Balaban J connectivity index is 1.45. The summed E-state index contributed by atoms with van der Waals surface area (Å²) in [5.41, 5.74) is 1.01. The number of carbonyl (C=O) groups is 2. The Labute approximate surface area is 165 Å². The first-order chi connectivity index (χ1) is 13.3. The number of carboxylic acids is 1. The molecule has 1 aromatic carbocycles. The third-order valence-electron chi connectivity index (χ3n) is 5.64. The molecule has 28 heavy (non-hydrogen) atoms. The van der Waals surface area contributed by atoms with Gasteiger partial charge in [-0.3, -0.25) is 9.69 Å². The standard InChI is InChI=1S/C21H28N4O3/c1-21(2,13-22)15-5-7-16(8-6-15)23-20(28)24-17-9-18(10-17)25(12-19(26)27)11-14-3-4-14/h5-8,14,17-18H,3-4,9-12H2,1-2H3,(H,26,27)(H2,23,24,28). The summed E-state index contributed by atoms with van der Waals surface area (Å²) in [6, 6.07) is 9.58. The van der Waals surface area contributed by atoms with Crippen molar-refractivity contribution < 1.29 is 14.7 Å². The molecule has 0 aliphatic heterocycles. The zero-order valence-corrected chi connectivity index (χ0v) is 16.4. The number of nitrogens with zero attached hydrogens (tertiary/aromatic N) is 2. The first-order valence-electron chi connectivity index (χ1n) is 9.82. The Bertz CT molecular complexity index is 759. The van der Waals surface area contributed by atoms with Crippen molar-refractivity contribution in [2.24, 2.45) is 5.92 Å². The van der Waals surface area contributed by atoms with E-state index in [0.717, 1.165) is 24.9 Å². The van der Waals surface area contributed by atoms with Crippen molar-refractivity contribution in [2.75, 3.05) is 18.4 Å². The number of benzene rings is 1. The van der Waals surface area contributed by atoms with Crippen molar-refractivity contribution in [3.05, 3.63) is 29.8 Å². The second-order valence-electron chi connectivity index (χ2n) is 8.50. The van der Waals surface area contributed by atoms with Crippen molar-refractivity contribution in [1.29, 1.82) is 5.26 Å². The van der Waals surface area contributed by atoms with Crippen LogP contribution in [-0.4, -0.2) is 47.2 Å². The van der Waals surface area contributed by atoms with E-state index in [1.54, 1.807) is 12.1 Å². The summed E-state index contributed by atoms with van der Waals surface area (Å²) >= 11 is 0. The van der Waals surface area contributed by atoms with Gasteiger partial charge < -0.3 is 15.7 Å². The van der Waals surface area contributed by atoms with Crippen molar-refractivity contribution in [2.45, 2.75) is 57.0 Å². The van der Waals surface area contributed by atoms with E-state index in [2.05, 4.69) is 16.7 Å². The van der Waals surface area contributed by atoms with Gasteiger partial charge in [-0.15, -0.1) is 0 Å². The number of carbonyl (C=O) groups excluding carboxylic acids is 1. The Kier molecular flexibility index (Phi) is 5.90. The van der Waals surface area contributed by atoms with Crippen molar-refractivity contribution >= 4 is 17.7 Å². The Hall–Kier alpha value is -2.59. The predicted octanol–water partition coefficient (Wildman–Crippen LogP) is 2.94. The lowest BCUT2D eigenvalue weighted by Crippen LogP contribution is -2.55. The lowest BCUT2D eigenvalue weighted by atomic mass is 9.85. The number of urea groups is 1. The molecule has 0 unspecified atom stereocenters. The number of amides is 2. The van der Waals surface area contributed by atoms with Crippen molar-refractivity contribution in [3.63, 3.8) is 0 Å². The molecule has 0 heterocycles. The van der Waals surface area contributed by atoms with E-state index >= 15 is 0 Å². The maximum Gasteiger partial charge on any atom is 0.319 e. The number of hydrogen-bond donors (Lipinski definition) is 3. The van der Waals surface area contributed by atoms with E-state index in [1.165, 1.54) is 12.8 Å². The molecule has 7 nitrogen and oxygen atoms in total. The monoisotopic (exact) mass is 384 g/mol. The molecular formula is C21H28N4O3. The van der Waals surface area contributed by atoms with Gasteiger partial charge in [-0.25, -0.2) is 4.79 Å². The number of carboxylic acid groups (broad SMARTS) is 1. The minimum Gasteiger partial charge on any atom is -0.480 e. The lowest BCUT2D eigenvalue weighted by Gasteiger charge is -2.42. The van der Waals surface area contributed by atoms with Gasteiger partial charge in [-0.1, -0.05) is 12.1 Å². The SMILES string of the molecule is CC(C)(C#N)c1ccc(NC(=O)NC2CC(N(CC(=O)O)CC3CC3)C2)cc1. The third-order valence-corrected chi connectivity index (χ3v) is 5.64. The highest BCUT2D eigenvalue weighted by molar-refractivity contribution is 5.89. The molecule has 0 saturated heterocycles. The summed E-state index contributed by atoms with van der Waals surface area (Å²) in [6.45, 7) is 4.63. The van der Waals surface area contributed by atoms with E-state index in [4.69, 9.17) is 5.11 Å². The summed E-state index contributed by atoms with van der Waals surface area (Å²) in [5.74, 6) is -0.151. The van der Waals surface area contributed by atoms with E-state index < -0.39 is 11.4 Å². The van der Waals surface area contributed by atoms with Crippen LogP contribution in [0.1, 0.15) is 45.1 Å². The number of rotatable bonds is 8. The van der Waals surface area contributed by atoms with Gasteiger partial charge in [-0.05, 0) is 63.1 Å². The van der Waals surface area contributed by atoms with Crippen LogP contribution in [0.4, 0.5) is 10.5 Å². The van der Waals surface area contributed by atoms with Gasteiger partial charge in [0.1, 0.15) is 0 Å². The minimum atomic E-state index is -0.794. The third kappa shape index (κ3) is 5.23.